The van der Waals surface area contributed by atoms with E-state index in [0.717, 1.165) is 26.2 Å². The first kappa shape index (κ1) is 12.9. The van der Waals surface area contributed by atoms with E-state index in [0.29, 0.717) is 0 Å². The quantitative estimate of drug-likeness (QED) is 0.744. The maximum absolute atomic E-state index is 10.0. The summed E-state index contributed by atoms with van der Waals surface area (Å²) in [6.07, 6.45) is 0.994. The average Bonchev–Trinajstić information content (AvgIpc) is 2.29. The van der Waals surface area contributed by atoms with Gasteiger partial charge in [-0.05, 0) is 32.0 Å². The van der Waals surface area contributed by atoms with Crippen LogP contribution < -0.4 is 0 Å². The summed E-state index contributed by atoms with van der Waals surface area (Å²) in [5.74, 6) is 0. The van der Waals surface area contributed by atoms with Crippen LogP contribution >= 0.6 is 0 Å². The predicted octanol–water partition coefficient (Wildman–Crippen LogP) is 1.03. The molecule has 0 aromatic carbocycles. The third-order valence-corrected chi connectivity index (χ3v) is 3.24. The third-order valence-electron chi connectivity index (χ3n) is 3.24. The van der Waals surface area contributed by atoms with Crippen molar-refractivity contribution < 1.29 is 5.11 Å². The Morgan fingerprint density at radius 2 is 1.80 bits per heavy atom. The minimum atomic E-state index is -0.221. The van der Waals surface area contributed by atoms with E-state index < -0.39 is 0 Å². The van der Waals surface area contributed by atoms with Crippen LogP contribution in [0.15, 0.2) is 0 Å². The second-order valence-electron chi connectivity index (χ2n) is 5.84. The van der Waals surface area contributed by atoms with Crippen LogP contribution in [-0.2, 0) is 0 Å². The van der Waals surface area contributed by atoms with Gasteiger partial charge in [0.05, 0.1) is 6.10 Å². The monoisotopic (exact) mass is 214 g/mol. The number of hydrogen-bond acceptors (Lipinski definition) is 3. The molecule has 1 unspecified atom stereocenters. The lowest BCUT2D eigenvalue weighted by atomic mass is 9.89. The molecule has 3 heteroatoms. The van der Waals surface area contributed by atoms with E-state index >= 15 is 0 Å². The Balaban J connectivity index is 2.38. The third kappa shape index (κ3) is 4.49. The molecular weight excluding hydrogens is 188 g/mol. The van der Waals surface area contributed by atoms with E-state index in [1.807, 2.05) is 0 Å². The van der Waals surface area contributed by atoms with Gasteiger partial charge in [-0.2, -0.15) is 0 Å². The highest BCUT2D eigenvalue weighted by Crippen LogP contribution is 2.20. The molecule has 1 atom stereocenters. The lowest BCUT2D eigenvalue weighted by molar-refractivity contribution is 0.0295. The summed E-state index contributed by atoms with van der Waals surface area (Å²) < 4.78 is 0. The van der Waals surface area contributed by atoms with Crippen LogP contribution in [0, 0.1) is 5.41 Å². The number of nitrogens with zero attached hydrogens (tertiary/aromatic N) is 2. The Morgan fingerprint density at radius 3 is 2.40 bits per heavy atom. The second-order valence-corrected chi connectivity index (χ2v) is 5.84. The van der Waals surface area contributed by atoms with Crippen molar-refractivity contribution >= 4 is 0 Å². The molecule has 0 radical (unpaired) electrons. The molecule has 0 spiro atoms. The summed E-state index contributed by atoms with van der Waals surface area (Å²) >= 11 is 0. The van der Waals surface area contributed by atoms with E-state index in [1.54, 1.807) is 0 Å². The second kappa shape index (κ2) is 5.28. The zero-order valence-corrected chi connectivity index (χ0v) is 10.7. The molecule has 0 amide bonds. The Morgan fingerprint density at radius 1 is 1.13 bits per heavy atom. The first-order valence-electron chi connectivity index (χ1n) is 5.98. The molecular formula is C12H26N2O. The molecule has 0 aliphatic carbocycles. The Kier molecular flexibility index (Phi) is 4.56. The van der Waals surface area contributed by atoms with E-state index in [4.69, 9.17) is 0 Å². The van der Waals surface area contributed by atoms with Crippen LogP contribution in [0.5, 0.6) is 0 Å². The number of likely N-dealkylation sites (N-methyl/N-ethyl adjacent to an activating group) is 1. The van der Waals surface area contributed by atoms with Gasteiger partial charge < -0.3 is 10.0 Å². The van der Waals surface area contributed by atoms with Crippen LogP contribution in [0.2, 0.25) is 0 Å². The van der Waals surface area contributed by atoms with Crippen molar-refractivity contribution in [1.29, 1.82) is 0 Å². The largest absolute Gasteiger partial charge is 0.391 e. The van der Waals surface area contributed by atoms with Crippen LogP contribution in [0.3, 0.4) is 0 Å². The zero-order chi connectivity index (χ0) is 11.5. The molecule has 1 heterocycles. The van der Waals surface area contributed by atoms with Gasteiger partial charge in [0.2, 0.25) is 0 Å². The van der Waals surface area contributed by atoms with Crippen LogP contribution in [0.25, 0.3) is 0 Å². The van der Waals surface area contributed by atoms with E-state index in [9.17, 15) is 5.11 Å². The summed E-state index contributed by atoms with van der Waals surface area (Å²) in [5.41, 5.74) is -0.00178. The molecule has 1 saturated heterocycles. The van der Waals surface area contributed by atoms with Crippen molar-refractivity contribution in [3.05, 3.63) is 0 Å². The first-order chi connectivity index (χ1) is 6.89. The highest BCUT2D eigenvalue weighted by molar-refractivity contribution is 4.78. The van der Waals surface area contributed by atoms with Gasteiger partial charge in [-0.1, -0.05) is 20.8 Å². The van der Waals surface area contributed by atoms with Gasteiger partial charge in [0, 0.05) is 19.6 Å². The van der Waals surface area contributed by atoms with Crippen LogP contribution in [0.1, 0.15) is 27.2 Å². The Labute approximate surface area is 94.1 Å². The predicted molar refractivity (Wildman–Crippen MR) is 64.0 cm³/mol. The minimum Gasteiger partial charge on any atom is -0.391 e. The van der Waals surface area contributed by atoms with Gasteiger partial charge in [0.25, 0.3) is 0 Å². The van der Waals surface area contributed by atoms with E-state index in [-0.39, 0.29) is 11.5 Å². The minimum absolute atomic E-state index is 0.00178. The summed E-state index contributed by atoms with van der Waals surface area (Å²) in [7, 11) is 2.17. The molecule has 3 nitrogen and oxygen atoms in total. The zero-order valence-electron chi connectivity index (χ0n) is 10.7. The van der Waals surface area contributed by atoms with Gasteiger partial charge in [-0.15, -0.1) is 0 Å². The highest BCUT2D eigenvalue weighted by Gasteiger charge is 2.25. The van der Waals surface area contributed by atoms with Crippen molar-refractivity contribution in [1.82, 2.24) is 9.80 Å². The normalized spacial score (nSPS) is 23.8. The molecule has 1 aliphatic heterocycles. The Bertz CT molecular complexity index is 189. The molecule has 1 fully saturated rings. The van der Waals surface area contributed by atoms with Gasteiger partial charge >= 0.3 is 0 Å². The van der Waals surface area contributed by atoms with E-state index in [2.05, 4.69) is 37.6 Å². The molecule has 1 N–H and O–H groups in total. The maximum atomic E-state index is 10.0. The molecule has 0 saturated carbocycles. The molecule has 15 heavy (non-hydrogen) atoms. The number of β-amino-alcohol motifs (C(OH)–C–C–N with tert-alkyl or cyclic N) is 1. The number of aliphatic hydroxyl groups is 1. The number of aliphatic hydroxyl groups excluding tert-OH is 1. The smallest absolute Gasteiger partial charge is 0.0715 e. The fourth-order valence-electron chi connectivity index (χ4n) is 1.80. The van der Waals surface area contributed by atoms with Gasteiger partial charge in [0.1, 0.15) is 0 Å². The molecule has 0 bridgehead atoms. The van der Waals surface area contributed by atoms with Crippen LogP contribution in [-0.4, -0.2) is 60.8 Å². The molecule has 1 rings (SSSR count). The van der Waals surface area contributed by atoms with Gasteiger partial charge in [-0.3, -0.25) is 4.90 Å². The fraction of sp³-hybridized carbons (Fsp3) is 1.00. The first-order valence-corrected chi connectivity index (χ1v) is 5.98. The standard InChI is InChI=1S/C12H26N2O/c1-12(2,3)11(15)10-14-7-5-6-13(4)8-9-14/h11,15H,5-10H2,1-4H3. The summed E-state index contributed by atoms with van der Waals surface area (Å²) in [6.45, 7) is 11.6. The van der Waals surface area contributed by atoms with Crippen molar-refractivity contribution in [3.63, 3.8) is 0 Å². The fourth-order valence-corrected chi connectivity index (χ4v) is 1.80. The summed E-state index contributed by atoms with van der Waals surface area (Å²) in [5, 5.41) is 10.0. The Hall–Kier alpha value is -0.120. The lowest BCUT2D eigenvalue weighted by Gasteiger charge is -2.31. The van der Waals surface area contributed by atoms with Gasteiger partial charge in [-0.25, -0.2) is 0 Å². The molecule has 0 aromatic rings. The SMILES string of the molecule is CN1CCCN(CC(O)C(C)(C)C)CC1. The maximum Gasteiger partial charge on any atom is 0.0715 e. The lowest BCUT2D eigenvalue weighted by Crippen LogP contribution is -2.41. The van der Waals surface area contributed by atoms with Gasteiger partial charge in [0.15, 0.2) is 0 Å². The average molecular weight is 214 g/mol. The number of rotatable bonds is 2. The molecule has 1 aliphatic rings. The summed E-state index contributed by atoms with van der Waals surface area (Å²) in [6, 6.07) is 0. The van der Waals surface area contributed by atoms with E-state index in [1.165, 1.54) is 13.0 Å². The molecule has 0 aromatic heterocycles. The van der Waals surface area contributed by atoms with Crippen molar-refractivity contribution in [3.8, 4) is 0 Å². The van der Waals surface area contributed by atoms with Crippen molar-refractivity contribution in [2.75, 3.05) is 39.8 Å². The van der Waals surface area contributed by atoms with Crippen molar-refractivity contribution in [2.45, 2.75) is 33.3 Å². The molecule has 90 valence electrons. The van der Waals surface area contributed by atoms with Crippen LogP contribution in [0.4, 0.5) is 0 Å². The summed E-state index contributed by atoms with van der Waals surface area (Å²) in [4.78, 5) is 4.75. The number of hydrogen-bond donors (Lipinski definition) is 1. The van der Waals surface area contributed by atoms with Crippen molar-refractivity contribution in [2.24, 2.45) is 5.41 Å². The topological polar surface area (TPSA) is 26.7 Å². The highest BCUT2D eigenvalue weighted by atomic mass is 16.3.